The SMILES string of the molecule is COc1ccc2nc(C)c(C(=O)NCCc3ccccc3)cc2c1. The lowest BCUT2D eigenvalue weighted by Crippen LogP contribution is -2.26. The molecule has 24 heavy (non-hydrogen) atoms. The summed E-state index contributed by atoms with van der Waals surface area (Å²) in [6, 6.07) is 17.6. The fraction of sp³-hybridized carbons (Fsp3) is 0.200. The quantitative estimate of drug-likeness (QED) is 0.782. The average molecular weight is 320 g/mol. The van der Waals surface area contributed by atoms with E-state index in [2.05, 4.69) is 22.4 Å². The predicted octanol–water partition coefficient (Wildman–Crippen LogP) is 3.52. The summed E-state index contributed by atoms with van der Waals surface area (Å²) in [5.74, 6) is 0.657. The molecule has 0 aliphatic heterocycles. The van der Waals surface area contributed by atoms with Gasteiger partial charge in [-0.25, -0.2) is 0 Å². The minimum absolute atomic E-state index is 0.0966. The predicted molar refractivity (Wildman–Crippen MR) is 95.5 cm³/mol. The van der Waals surface area contributed by atoms with Crippen molar-refractivity contribution in [3.8, 4) is 5.75 Å². The third-order valence-electron chi connectivity index (χ3n) is 4.00. The number of nitrogens with one attached hydrogen (secondary N) is 1. The Morgan fingerprint density at radius 3 is 2.67 bits per heavy atom. The Bertz CT molecular complexity index is 860. The summed E-state index contributed by atoms with van der Waals surface area (Å²) in [6.45, 7) is 2.45. The van der Waals surface area contributed by atoms with Gasteiger partial charge in [-0.05, 0) is 43.2 Å². The second-order valence-corrected chi connectivity index (χ2v) is 5.67. The van der Waals surface area contributed by atoms with Crippen LogP contribution >= 0.6 is 0 Å². The van der Waals surface area contributed by atoms with E-state index in [1.54, 1.807) is 7.11 Å². The minimum Gasteiger partial charge on any atom is -0.497 e. The number of ether oxygens (including phenoxy) is 1. The molecule has 1 heterocycles. The van der Waals surface area contributed by atoms with E-state index in [1.807, 2.05) is 49.4 Å². The molecule has 0 aliphatic carbocycles. The van der Waals surface area contributed by atoms with Crippen molar-refractivity contribution >= 4 is 16.8 Å². The fourth-order valence-corrected chi connectivity index (χ4v) is 2.67. The smallest absolute Gasteiger partial charge is 0.253 e. The van der Waals surface area contributed by atoms with Crippen molar-refractivity contribution in [2.24, 2.45) is 0 Å². The van der Waals surface area contributed by atoms with Crippen molar-refractivity contribution in [2.75, 3.05) is 13.7 Å². The third kappa shape index (κ3) is 3.54. The molecule has 122 valence electrons. The fourth-order valence-electron chi connectivity index (χ4n) is 2.67. The van der Waals surface area contributed by atoms with Crippen LogP contribution in [0.25, 0.3) is 10.9 Å². The van der Waals surface area contributed by atoms with Gasteiger partial charge in [0.15, 0.2) is 0 Å². The van der Waals surface area contributed by atoms with Gasteiger partial charge >= 0.3 is 0 Å². The van der Waals surface area contributed by atoms with Gasteiger partial charge in [0.2, 0.25) is 0 Å². The van der Waals surface area contributed by atoms with E-state index in [-0.39, 0.29) is 5.91 Å². The molecule has 0 spiro atoms. The second kappa shape index (κ2) is 7.13. The standard InChI is InChI=1S/C20H20N2O2/c1-14-18(13-16-12-17(24-2)8-9-19(16)22-14)20(23)21-11-10-15-6-4-3-5-7-15/h3-9,12-13H,10-11H2,1-2H3,(H,21,23). The van der Waals surface area contributed by atoms with Gasteiger partial charge in [0.05, 0.1) is 23.9 Å². The molecule has 3 rings (SSSR count). The largest absolute Gasteiger partial charge is 0.497 e. The van der Waals surface area contributed by atoms with Crippen LogP contribution in [0.5, 0.6) is 5.75 Å². The van der Waals surface area contributed by atoms with Crippen LogP contribution in [0.2, 0.25) is 0 Å². The highest BCUT2D eigenvalue weighted by Gasteiger charge is 2.11. The number of hydrogen-bond donors (Lipinski definition) is 1. The maximum absolute atomic E-state index is 12.5. The van der Waals surface area contributed by atoms with E-state index < -0.39 is 0 Å². The lowest BCUT2D eigenvalue weighted by molar-refractivity contribution is 0.0953. The Hall–Kier alpha value is -2.88. The maximum atomic E-state index is 12.5. The topological polar surface area (TPSA) is 51.2 Å². The van der Waals surface area contributed by atoms with Crippen LogP contribution in [-0.4, -0.2) is 24.5 Å². The van der Waals surface area contributed by atoms with Crippen LogP contribution in [-0.2, 0) is 6.42 Å². The van der Waals surface area contributed by atoms with E-state index in [0.717, 1.165) is 28.8 Å². The summed E-state index contributed by atoms with van der Waals surface area (Å²) in [6.07, 6.45) is 0.806. The van der Waals surface area contributed by atoms with Crippen molar-refractivity contribution in [1.82, 2.24) is 10.3 Å². The Kier molecular flexibility index (Phi) is 4.75. The van der Waals surface area contributed by atoms with Crippen molar-refractivity contribution in [1.29, 1.82) is 0 Å². The molecule has 0 saturated heterocycles. The van der Waals surface area contributed by atoms with Gasteiger partial charge in [0.1, 0.15) is 5.75 Å². The summed E-state index contributed by atoms with van der Waals surface area (Å²) in [5.41, 5.74) is 3.39. The number of methoxy groups -OCH3 is 1. The van der Waals surface area contributed by atoms with Gasteiger partial charge in [-0.1, -0.05) is 30.3 Å². The number of aromatic nitrogens is 1. The molecule has 3 aromatic rings. The lowest BCUT2D eigenvalue weighted by Gasteiger charge is -2.10. The molecule has 4 nitrogen and oxygen atoms in total. The number of rotatable bonds is 5. The van der Waals surface area contributed by atoms with Gasteiger partial charge in [-0.2, -0.15) is 0 Å². The average Bonchev–Trinajstić information content (AvgIpc) is 2.61. The number of amides is 1. The first-order valence-corrected chi connectivity index (χ1v) is 7.95. The number of pyridine rings is 1. The van der Waals surface area contributed by atoms with Crippen LogP contribution in [0.4, 0.5) is 0 Å². The molecule has 0 atom stereocenters. The number of carbonyl (C=O) groups is 1. The molecule has 4 heteroatoms. The Morgan fingerprint density at radius 2 is 1.92 bits per heavy atom. The lowest BCUT2D eigenvalue weighted by atomic mass is 10.1. The molecule has 0 unspecified atom stereocenters. The molecule has 0 saturated carbocycles. The molecule has 0 aliphatic rings. The number of fused-ring (bicyclic) bond motifs is 1. The van der Waals surface area contributed by atoms with Gasteiger partial charge in [-0.15, -0.1) is 0 Å². The van der Waals surface area contributed by atoms with Crippen molar-refractivity contribution in [2.45, 2.75) is 13.3 Å². The van der Waals surface area contributed by atoms with E-state index in [0.29, 0.717) is 12.1 Å². The monoisotopic (exact) mass is 320 g/mol. The second-order valence-electron chi connectivity index (χ2n) is 5.67. The Labute approximate surface area is 141 Å². The van der Waals surface area contributed by atoms with Crippen LogP contribution in [0, 0.1) is 6.92 Å². The van der Waals surface area contributed by atoms with Crippen molar-refractivity contribution in [3.63, 3.8) is 0 Å². The highest BCUT2D eigenvalue weighted by Crippen LogP contribution is 2.21. The Balaban J connectivity index is 1.75. The van der Waals surface area contributed by atoms with Gasteiger partial charge in [-0.3, -0.25) is 9.78 Å². The van der Waals surface area contributed by atoms with Crippen LogP contribution < -0.4 is 10.1 Å². The normalized spacial score (nSPS) is 10.6. The van der Waals surface area contributed by atoms with Gasteiger partial charge < -0.3 is 10.1 Å². The first kappa shape index (κ1) is 16.0. The third-order valence-corrected chi connectivity index (χ3v) is 4.00. The number of aryl methyl sites for hydroxylation is 1. The molecule has 0 bridgehead atoms. The van der Waals surface area contributed by atoms with Crippen molar-refractivity contribution < 1.29 is 9.53 Å². The molecule has 1 amide bonds. The molecular weight excluding hydrogens is 300 g/mol. The molecule has 2 aromatic carbocycles. The zero-order valence-corrected chi connectivity index (χ0v) is 13.9. The Morgan fingerprint density at radius 1 is 1.12 bits per heavy atom. The molecule has 0 radical (unpaired) electrons. The van der Waals surface area contributed by atoms with Crippen LogP contribution in [0.1, 0.15) is 21.6 Å². The number of benzene rings is 2. The summed E-state index contributed by atoms with van der Waals surface area (Å²) in [5, 5.41) is 3.87. The number of carbonyl (C=O) groups excluding carboxylic acids is 1. The van der Waals surface area contributed by atoms with Gasteiger partial charge in [0.25, 0.3) is 5.91 Å². The summed E-state index contributed by atoms with van der Waals surface area (Å²) in [4.78, 5) is 17.0. The highest BCUT2D eigenvalue weighted by molar-refractivity contribution is 5.98. The van der Waals surface area contributed by atoms with E-state index >= 15 is 0 Å². The molecular formula is C20H20N2O2. The summed E-state index contributed by atoms with van der Waals surface area (Å²) < 4.78 is 5.24. The molecule has 0 fully saturated rings. The first-order chi connectivity index (χ1) is 11.7. The first-order valence-electron chi connectivity index (χ1n) is 7.95. The number of hydrogen-bond acceptors (Lipinski definition) is 3. The van der Waals surface area contributed by atoms with E-state index in [4.69, 9.17) is 4.74 Å². The van der Waals surface area contributed by atoms with E-state index in [9.17, 15) is 4.79 Å². The summed E-state index contributed by atoms with van der Waals surface area (Å²) in [7, 11) is 1.62. The van der Waals surface area contributed by atoms with Crippen LogP contribution in [0.15, 0.2) is 54.6 Å². The van der Waals surface area contributed by atoms with E-state index in [1.165, 1.54) is 5.56 Å². The molecule has 1 N–H and O–H groups in total. The molecule has 1 aromatic heterocycles. The summed E-state index contributed by atoms with van der Waals surface area (Å²) >= 11 is 0. The maximum Gasteiger partial charge on any atom is 0.253 e. The van der Waals surface area contributed by atoms with Crippen molar-refractivity contribution in [3.05, 3.63) is 71.4 Å². The van der Waals surface area contributed by atoms with Gasteiger partial charge in [0, 0.05) is 11.9 Å². The zero-order valence-electron chi connectivity index (χ0n) is 13.9. The zero-order chi connectivity index (χ0) is 16.9. The highest BCUT2D eigenvalue weighted by atomic mass is 16.5. The minimum atomic E-state index is -0.0966. The van der Waals surface area contributed by atoms with Crippen LogP contribution in [0.3, 0.4) is 0 Å². The number of nitrogens with zero attached hydrogens (tertiary/aromatic N) is 1.